The Morgan fingerprint density at radius 2 is 2.55 bits per heavy atom. The van der Waals surface area contributed by atoms with Crippen LogP contribution in [0.1, 0.15) is 0 Å². The first kappa shape index (κ1) is 7.96. The topological polar surface area (TPSA) is 38.9 Å². The third kappa shape index (κ3) is 2.17. The molecule has 0 aliphatic rings. The smallest absolute Gasteiger partial charge is 0.120 e. The van der Waals surface area contributed by atoms with E-state index in [4.69, 9.17) is 12.2 Å². The van der Waals surface area contributed by atoms with E-state index in [1.807, 2.05) is 6.07 Å². The summed E-state index contributed by atoms with van der Waals surface area (Å²) in [5.74, 6) is 3.12. The maximum atomic E-state index is 5.61. The Labute approximate surface area is 70.2 Å². The van der Waals surface area contributed by atoms with Crippen molar-refractivity contribution in [2.45, 2.75) is 5.03 Å². The van der Waals surface area contributed by atoms with E-state index in [0.29, 0.717) is 11.4 Å². The van der Waals surface area contributed by atoms with Gasteiger partial charge in [0, 0.05) is 6.20 Å². The van der Waals surface area contributed by atoms with Gasteiger partial charge in [-0.15, -0.1) is 6.42 Å². The molecule has 0 bridgehead atoms. The number of terminal acetylenes is 1. The fraction of sp³-hybridized carbons (Fsp3) is 0.125. The molecule has 0 aromatic carbocycles. The maximum absolute atomic E-state index is 5.61. The van der Waals surface area contributed by atoms with Crippen molar-refractivity contribution in [1.82, 2.24) is 4.98 Å². The second-order valence-electron chi connectivity index (χ2n) is 1.89. The molecule has 0 saturated carbocycles. The summed E-state index contributed by atoms with van der Waals surface area (Å²) in [7, 11) is 0. The molecule has 0 aliphatic carbocycles. The molecule has 0 radical (unpaired) electrons. The van der Waals surface area contributed by atoms with Crippen molar-refractivity contribution >= 4 is 17.4 Å². The summed E-state index contributed by atoms with van der Waals surface area (Å²) in [6, 6.07) is 3.61. The van der Waals surface area contributed by atoms with Gasteiger partial charge in [-0.3, -0.25) is 0 Å². The highest BCUT2D eigenvalue weighted by atomic mass is 32.2. The van der Waals surface area contributed by atoms with Gasteiger partial charge in [0.1, 0.15) is 5.03 Å². The first-order valence-corrected chi connectivity index (χ1v) is 4.10. The number of nitrogen functional groups attached to an aromatic ring is 1. The zero-order chi connectivity index (χ0) is 8.10. The number of nitrogens with two attached hydrogens (primary N) is 1. The lowest BCUT2D eigenvalue weighted by molar-refractivity contribution is 1.15. The third-order valence-corrected chi connectivity index (χ3v) is 2.02. The molecule has 0 spiro atoms. The number of hydrogen-bond donors (Lipinski definition) is 1. The van der Waals surface area contributed by atoms with Crippen LogP contribution in [0.15, 0.2) is 23.4 Å². The van der Waals surface area contributed by atoms with Crippen molar-refractivity contribution in [2.75, 3.05) is 11.5 Å². The highest BCUT2D eigenvalue weighted by Gasteiger charge is 1.96. The van der Waals surface area contributed by atoms with E-state index >= 15 is 0 Å². The summed E-state index contributed by atoms with van der Waals surface area (Å²) >= 11 is 1.47. The number of pyridine rings is 1. The SMILES string of the molecule is C#CCSc1ncccc1N. The van der Waals surface area contributed by atoms with E-state index in [-0.39, 0.29) is 0 Å². The van der Waals surface area contributed by atoms with Crippen LogP contribution in [0.3, 0.4) is 0 Å². The number of rotatable bonds is 2. The number of thioether (sulfide) groups is 1. The van der Waals surface area contributed by atoms with Crippen molar-refractivity contribution in [1.29, 1.82) is 0 Å². The van der Waals surface area contributed by atoms with Gasteiger partial charge >= 0.3 is 0 Å². The average Bonchev–Trinajstić information content (AvgIpc) is 2.03. The molecule has 0 unspecified atom stereocenters. The molecule has 0 atom stereocenters. The lowest BCUT2D eigenvalue weighted by Gasteiger charge is -1.98. The number of nitrogens with zero attached hydrogens (tertiary/aromatic N) is 1. The molecule has 2 N–H and O–H groups in total. The Hall–Kier alpha value is -1.14. The number of anilines is 1. The van der Waals surface area contributed by atoms with Crippen molar-refractivity contribution in [2.24, 2.45) is 0 Å². The Balaban J connectivity index is 2.71. The molecule has 0 saturated heterocycles. The van der Waals surface area contributed by atoms with E-state index in [2.05, 4.69) is 10.9 Å². The van der Waals surface area contributed by atoms with Gasteiger partial charge in [-0.25, -0.2) is 4.98 Å². The molecule has 11 heavy (non-hydrogen) atoms. The van der Waals surface area contributed by atoms with Gasteiger partial charge in [0.2, 0.25) is 0 Å². The molecular weight excluding hydrogens is 156 g/mol. The van der Waals surface area contributed by atoms with Crippen molar-refractivity contribution in [3.05, 3.63) is 18.3 Å². The van der Waals surface area contributed by atoms with Gasteiger partial charge in [-0.1, -0.05) is 17.7 Å². The predicted molar refractivity (Wildman–Crippen MR) is 48.2 cm³/mol. The van der Waals surface area contributed by atoms with Crippen LogP contribution in [-0.4, -0.2) is 10.7 Å². The molecule has 1 heterocycles. The van der Waals surface area contributed by atoms with E-state index in [1.54, 1.807) is 12.3 Å². The van der Waals surface area contributed by atoms with Gasteiger partial charge in [0.15, 0.2) is 0 Å². The fourth-order valence-corrected chi connectivity index (χ4v) is 1.22. The molecule has 1 rings (SSSR count). The molecule has 0 amide bonds. The second kappa shape index (κ2) is 3.89. The molecule has 1 aromatic rings. The maximum Gasteiger partial charge on any atom is 0.120 e. The zero-order valence-electron chi connectivity index (χ0n) is 5.95. The van der Waals surface area contributed by atoms with Gasteiger partial charge in [-0.05, 0) is 12.1 Å². The lowest BCUT2D eigenvalue weighted by Crippen LogP contribution is -1.90. The summed E-state index contributed by atoms with van der Waals surface area (Å²) in [5, 5.41) is 0.811. The van der Waals surface area contributed by atoms with Crippen molar-refractivity contribution in [3.8, 4) is 12.3 Å². The van der Waals surface area contributed by atoms with Crippen molar-refractivity contribution in [3.63, 3.8) is 0 Å². The number of hydrogen-bond acceptors (Lipinski definition) is 3. The lowest BCUT2D eigenvalue weighted by atomic mass is 10.4. The molecule has 2 nitrogen and oxygen atoms in total. The summed E-state index contributed by atoms with van der Waals surface area (Å²) in [6.07, 6.45) is 6.79. The van der Waals surface area contributed by atoms with Crippen LogP contribution in [0.25, 0.3) is 0 Å². The van der Waals surface area contributed by atoms with Crippen LogP contribution < -0.4 is 5.73 Å². The Morgan fingerprint density at radius 1 is 1.73 bits per heavy atom. The summed E-state index contributed by atoms with van der Waals surface area (Å²) in [6.45, 7) is 0. The quantitative estimate of drug-likeness (QED) is 0.530. The molecule has 3 heteroatoms. The van der Waals surface area contributed by atoms with E-state index in [1.165, 1.54) is 11.8 Å². The highest BCUT2D eigenvalue weighted by Crippen LogP contribution is 2.20. The zero-order valence-corrected chi connectivity index (χ0v) is 6.77. The van der Waals surface area contributed by atoms with Crippen LogP contribution in [0.4, 0.5) is 5.69 Å². The summed E-state index contributed by atoms with van der Waals surface area (Å²) in [5.41, 5.74) is 6.30. The molecular formula is C8H8N2S. The minimum atomic E-state index is 0.612. The van der Waals surface area contributed by atoms with Crippen molar-refractivity contribution < 1.29 is 0 Å². The van der Waals surface area contributed by atoms with Crippen LogP contribution in [0, 0.1) is 12.3 Å². The largest absolute Gasteiger partial charge is 0.397 e. The average molecular weight is 164 g/mol. The Kier molecular flexibility index (Phi) is 2.82. The van der Waals surface area contributed by atoms with E-state index in [0.717, 1.165) is 5.03 Å². The molecule has 1 aromatic heterocycles. The highest BCUT2D eigenvalue weighted by molar-refractivity contribution is 7.99. The summed E-state index contributed by atoms with van der Waals surface area (Å²) < 4.78 is 0. The summed E-state index contributed by atoms with van der Waals surface area (Å²) in [4.78, 5) is 4.06. The van der Waals surface area contributed by atoms with E-state index in [9.17, 15) is 0 Å². The monoisotopic (exact) mass is 164 g/mol. The fourth-order valence-electron chi connectivity index (χ4n) is 0.634. The first-order chi connectivity index (χ1) is 5.34. The van der Waals surface area contributed by atoms with Gasteiger partial charge in [0.05, 0.1) is 11.4 Å². The first-order valence-electron chi connectivity index (χ1n) is 3.11. The van der Waals surface area contributed by atoms with E-state index < -0.39 is 0 Å². The van der Waals surface area contributed by atoms with Gasteiger partial charge in [-0.2, -0.15) is 0 Å². The van der Waals surface area contributed by atoms with Gasteiger partial charge in [0.25, 0.3) is 0 Å². The van der Waals surface area contributed by atoms with Crippen LogP contribution in [0.5, 0.6) is 0 Å². The second-order valence-corrected chi connectivity index (χ2v) is 2.85. The van der Waals surface area contributed by atoms with Gasteiger partial charge < -0.3 is 5.73 Å². The molecule has 56 valence electrons. The van der Waals surface area contributed by atoms with Crippen LogP contribution in [-0.2, 0) is 0 Å². The molecule has 0 aliphatic heterocycles. The third-order valence-electron chi connectivity index (χ3n) is 1.09. The van der Waals surface area contributed by atoms with Crippen LogP contribution >= 0.6 is 11.8 Å². The standard InChI is InChI=1S/C8H8N2S/c1-2-6-11-8-7(9)4-3-5-10-8/h1,3-5H,6,9H2. The Morgan fingerprint density at radius 3 is 3.18 bits per heavy atom. The predicted octanol–water partition coefficient (Wildman–Crippen LogP) is 1.39. The minimum absolute atomic E-state index is 0.612. The molecule has 0 fully saturated rings. The Bertz CT molecular complexity index is 278. The number of aromatic nitrogens is 1. The van der Waals surface area contributed by atoms with Crippen LogP contribution in [0.2, 0.25) is 0 Å². The minimum Gasteiger partial charge on any atom is -0.397 e. The normalized spacial score (nSPS) is 9.00.